The van der Waals surface area contributed by atoms with Crippen molar-refractivity contribution >= 4 is 12.3 Å². The highest BCUT2D eigenvalue weighted by atomic mass is 16.5. The molecule has 2 unspecified atom stereocenters. The summed E-state index contributed by atoms with van der Waals surface area (Å²) in [6.07, 6.45) is 3.56. The zero-order valence-corrected chi connectivity index (χ0v) is 7.06. The smallest absolute Gasteiger partial charge is 0.409 e. The van der Waals surface area contributed by atoms with Gasteiger partial charge in [-0.3, -0.25) is 4.99 Å². The van der Waals surface area contributed by atoms with E-state index in [-0.39, 0.29) is 12.1 Å². The monoisotopic (exact) mass is 168 g/mol. The molecule has 0 radical (unpaired) electrons. The van der Waals surface area contributed by atoms with Crippen LogP contribution in [0.15, 0.2) is 4.99 Å². The number of hydrogen-bond acceptors (Lipinski definition) is 3. The first kappa shape index (κ1) is 7.58. The van der Waals surface area contributed by atoms with Gasteiger partial charge in [-0.15, -0.1) is 0 Å². The first-order chi connectivity index (χ1) is 5.83. The number of carbonyl (C=O) groups excluding carboxylic acids is 1. The van der Waals surface area contributed by atoms with E-state index in [9.17, 15) is 4.79 Å². The van der Waals surface area contributed by atoms with Gasteiger partial charge in [0.25, 0.3) is 0 Å². The fraction of sp³-hybridized carbons (Fsp3) is 0.750. The van der Waals surface area contributed by atoms with Gasteiger partial charge in [-0.1, -0.05) is 0 Å². The third kappa shape index (κ3) is 0.983. The minimum atomic E-state index is -0.215. The van der Waals surface area contributed by atoms with Crippen molar-refractivity contribution in [3.05, 3.63) is 0 Å². The quantitative estimate of drug-likeness (QED) is 0.533. The first-order valence-electron chi connectivity index (χ1n) is 4.19. The average Bonchev–Trinajstić information content (AvgIpc) is 2.62. The van der Waals surface area contributed by atoms with E-state index < -0.39 is 0 Å². The predicted octanol–water partition coefficient (Wildman–Crippen LogP) is 0.670. The van der Waals surface area contributed by atoms with E-state index in [4.69, 9.17) is 0 Å². The van der Waals surface area contributed by atoms with Gasteiger partial charge in [-0.05, 0) is 6.42 Å². The van der Waals surface area contributed by atoms with Crippen molar-refractivity contribution in [1.82, 2.24) is 4.90 Å². The summed E-state index contributed by atoms with van der Waals surface area (Å²) >= 11 is 0. The fourth-order valence-corrected chi connectivity index (χ4v) is 1.94. The molecule has 1 saturated heterocycles. The Morgan fingerprint density at radius 2 is 2.58 bits per heavy atom. The molecular weight excluding hydrogens is 156 g/mol. The highest BCUT2D eigenvalue weighted by Gasteiger charge is 2.38. The molecule has 1 fully saturated rings. The Bertz CT molecular complexity index is 227. The van der Waals surface area contributed by atoms with E-state index in [1.165, 1.54) is 7.11 Å². The van der Waals surface area contributed by atoms with Gasteiger partial charge >= 0.3 is 6.09 Å². The summed E-state index contributed by atoms with van der Waals surface area (Å²) in [6.45, 7) is 0.791. The number of rotatable bonds is 0. The predicted molar refractivity (Wildman–Crippen MR) is 44.4 cm³/mol. The van der Waals surface area contributed by atoms with Crippen molar-refractivity contribution in [3.63, 3.8) is 0 Å². The Hall–Kier alpha value is -1.06. The Balaban J connectivity index is 2.06. The Morgan fingerprint density at radius 1 is 1.75 bits per heavy atom. The van der Waals surface area contributed by atoms with Crippen molar-refractivity contribution in [2.75, 3.05) is 13.7 Å². The van der Waals surface area contributed by atoms with E-state index in [0.29, 0.717) is 6.04 Å². The van der Waals surface area contributed by atoms with E-state index in [1.807, 2.05) is 6.21 Å². The van der Waals surface area contributed by atoms with Crippen LogP contribution in [0.5, 0.6) is 0 Å². The number of likely N-dealkylation sites (tertiary alicyclic amines) is 1. The van der Waals surface area contributed by atoms with Gasteiger partial charge in [-0.25, -0.2) is 4.79 Å². The fourth-order valence-electron chi connectivity index (χ4n) is 1.94. The number of ether oxygens (including phenoxy) is 1. The molecule has 2 aliphatic heterocycles. The third-order valence-electron chi connectivity index (χ3n) is 2.56. The number of fused-ring (bicyclic) bond motifs is 1. The highest BCUT2D eigenvalue weighted by molar-refractivity contribution is 5.71. The molecule has 2 atom stereocenters. The second-order valence-corrected chi connectivity index (χ2v) is 3.15. The lowest BCUT2D eigenvalue weighted by atomic mass is 10.1. The van der Waals surface area contributed by atoms with Gasteiger partial charge < -0.3 is 9.64 Å². The zero-order chi connectivity index (χ0) is 8.55. The highest BCUT2D eigenvalue weighted by Crippen LogP contribution is 2.26. The van der Waals surface area contributed by atoms with E-state index in [1.54, 1.807) is 4.90 Å². The Morgan fingerprint density at radius 3 is 3.33 bits per heavy atom. The summed E-state index contributed by atoms with van der Waals surface area (Å²) in [5.74, 6) is 0. The van der Waals surface area contributed by atoms with Gasteiger partial charge in [-0.2, -0.15) is 0 Å². The van der Waals surface area contributed by atoms with E-state index in [0.717, 1.165) is 19.4 Å². The van der Waals surface area contributed by atoms with Crippen molar-refractivity contribution in [1.29, 1.82) is 0 Å². The lowest BCUT2D eigenvalue weighted by Gasteiger charge is -2.20. The van der Waals surface area contributed by atoms with Crippen LogP contribution in [-0.4, -0.2) is 42.9 Å². The summed E-state index contributed by atoms with van der Waals surface area (Å²) in [5, 5.41) is 0. The maximum atomic E-state index is 11.2. The molecule has 0 aromatic rings. The van der Waals surface area contributed by atoms with Crippen LogP contribution in [-0.2, 0) is 4.74 Å². The second-order valence-electron chi connectivity index (χ2n) is 3.15. The number of hydrogen-bond donors (Lipinski definition) is 0. The van der Waals surface area contributed by atoms with Gasteiger partial charge in [0, 0.05) is 19.2 Å². The third-order valence-corrected chi connectivity index (χ3v) is 2.56. The lowest BCUT2D eigenvalue weighted by Crippen LogP contribution is -2.37. The number of carbonyl (C=O) groups is 1. The SMILES string of the molecule is COC(=O)N1CCC2N=CCC21. The van der Waals surface area contributed by atoms with Gasteiger partial charge in [0.05, 0.1) is 19.2 Å². The van der Waals surface area contributed by atoms with Crippen molar-refractivity contribution in [3.8, 4) is 0 Å². The minimum absolute atomic E-state index is 0.215. The maximum absolute atomic E-state index is 11.2. The molecule has 0 spiro atoms. The largest absolute Gasteiger partial charge is 0.453 e. The van der Waals surface area contributed by atoms with Crippen molar-refractivity contribution in [2.45, 2.75) is 24.9 Å². The summed E-state index contributed by atoms with van der Waals surface area (Å²) < 4.78 is 4.67. The second kappa shape index (κ2) is 2.77. The molecule has 0 aromatic carbocycles. The topological polar surface area (TPSA) is 41.9 Å². The van der Waals surface area contributed by atoms with Crippen molar-refractivity contribution in [2.24, 2.45) is 4.99 Å². The van der Waals surface area contributed by atoms with E-state index >= 15 is 0 Å². The number of amides is 1. The van der Waals surface area contributed by atoms with Crippen molar-refractivity contribution < 1.29 is 9.53 Å². The van der Waals surface area contributed by atoms with Gasteiger partial charge in [0.1, 0.15) is 0 Å². The first-order valence-corrected chi connectivity index (χ1v) is 4.19. The Kier molecular flexibility index (Phi) is 1.75. The summed E-state index contributed by atoms with van der Waals surface area (Å²) in [6, 6.07) is 0.613. The molecule has 0 aliphatic carbocycles. The molecule has 66 valence electrons. The van der Waals surface area contributed by atoms with Crippen LogP contribution >= 0.6 is 0 Å². The standard InChI is InChI=1S/C8H12N2O2/c1-12-8(11)10-5-3-6-7(10)2-4-9-6/h4,6-7H,2-3,5H2,1H3. The molecule has 12 heavy (non-hydrogen) atoms. The number of nitrogens with zero attached hydrogens (tertiary/aromatic N) is 2. The normalized spacial score (nSPS) is 32.2. The zero-order valence-electron chi connectivity index (χ0n) is 7.06. The molecule has 0 bridgehead atoms. The number of aliphatic imine (C=N–C) groups is 1. The van der Waals surface area contributed by atoms with Crippen LogP contribution in [0.2, 0.25) is 0 Å². The number of methoxy groups -OCH3 is 1. The molecule has 4 nitrogen and oxygen atoms in total. The molecule has 0 N–H and O–H groups in total. The summed E-state index contributed by atoms with van der Waals surface area (Å²) in [7, 11) is 1.42. The van der Waals surface area contributed by atoms with Crippen LogP contribution < -0.4 is 0 Å². The lowest BCUT2D eigenvalue weighted by molar-refractivity contribution is 0.120. The Labute approximate surface area is 71.2 Å². The van der Waals surface area contributed by atoms with Crippen LogP contribution in [0.25, 0.3) is 0 Å². The van der Waals surface area contributed by atoms with Gasteiger partial charge in [0.2, 0.25) is 0 Å². The molecular formula is C8H12N2O2. The molecule has 2 heterocycles. The molecule has 0 aromatic heterocycles. The van der Waals surface area contributed by atoms with Crippen LogP contribution in [0.3, 0.4) is 0 Å². The van der Waals surface area contributed by atoms with E-state index in [2.05, 4.69) is 9.73 Å². The van der Waals surface area contributed by atoms with Gasteiger partial charge in [0.15, 0.2) is 0 Å². The van der Waals surface area contributed by atoms with Crippen LogP contribution in [0, 0.1) is 0 Å². The molecule has 4 heteroatoms. The molecule has 2 rings (SSSR count). The summed E-state index contributed by atoms with van der Waals surface area (Å²) in [4.78, 5) is 17.3. The summed E-state index contributed by atoms with van der Waals surface area (Å²) in [5.41, 5.74) is 0. The maximum Gasteiger partial charge on any atom is 0.409 e. The molecule has 0 saturated carbocycles. The minimum Gasteiger partial charge on any atom is -0.453 e. The molecule has 2 aliphatic rings. The van der Waals surface area contributed by atoms with Crippen LogP contribution in [0.4, 0.5) is 4.79 Å². The average molecular weight is 168 g/mol. The molecule has 1 amide bonds. The van der Waals surface area contributed by atoms with Crippen LogP contribution in [0.1, 0.15) is 12.8 Å².